The highest BCUT2D eigenvalue weighted by molar-refractivity contribution is 5.92. The van der Waals surface area contributed by atoms with Gasteiger partial charge in [-0.3, -0.25) is 0 Å². The molecular formula is C22H22N2O2. The van der Waals surface area contributed by atoms with E-state index in [0.717, 1.165) is 27.8 Å². The number of aromatic nitrogens is 1. The second-order valence-corrected chi connectivity index (χ2v) is 7.33. The average molecular weight is 346 g/mol. The van der Waals surface area contributed by atoms with Gasteiger partial charge in [0, 0.05) is 11.9 Å². The van der Waals surface area contributed by atoms with Gasteiger partial charge in [0.05, 0.1) is 23.7 Å². The van der Waals surface area contributed by atoms with E-state index < -0.39 is 0 Å². The summed E-state index contributed by atoms with van der Waals surface area (Å²) in [5.41, 5.74) is 4.75. The molecule has 1 aliphatic rings. The maximum Gasteiger partial charge on any atom is 0.338 e. The van der Waals surface area contributed by atoms with Crippen molar-refractivity contribution in [3.05, 3.63) is 70.8 Å². The lowest BCUT2D eigenvalue weighted by Gasteiger charge is -2.33. The predicted molar refractivity (Wildman–Crippen MR) is 103 cm³/mol. The quantitative estimate of drug-likeness (QED) is 0.637. The van der Waals surface area contributed by atoms with Crippen LogP contribution in [0.1, 0.15) is 40.9 Å². The summed E-state index contributed by atoms with van der Waals surface area (Å²) in [7, 11) is 1.42. The van der Waals surface area contributed by atoms with Crippen LogP contribution in [0.4, 0.5) is 5.82 Å². The Hall–Kier alpha value is -2.88. The SMILES string of the molecule is COC(=O)c1cccc2c1CN(c1ccc3cc(C)ccc3n1)C2(C)C. The summed E-state index contributed by atoms with van der Waals surface area (Å²) in [5.74, 6) is 0.625. The fourth-order valence-corrected chi connectivity index (χ4v) is 3.88. The number of esters is 1. The summed E-state index contributed by atoms with van der Waals surface area (Å²) in [6.07, 6.45) is 0. The Kier molecular flexibility index (Phi) is 3.72. The molecule has 0 saturated heterocycles. The molecule has 4 rings (SSSR count). The van der Waals surface area contributed by atoms with Crippen LogP contribution in [0.2, 0.25) is 0 Å². The van der Waals surface area contributed by atoms with Crippen molar-refractivity contribution in [3.8, 4) is 0 Å². The molecule has 2 aromatic carbocycles. The summed E-state index contributed by atoms with van der Waals surface area (Å²) in [6, 6.07) is 16.3. The first-order valence-electron chi connectivity index (χ1n) is 8.77. The lowest BCUT2D eigenvalue weighted by molar-refractivity contribution is 0.0599. The van der Waals surface area contributed by atoms with Crippen molar-refractivity contribution in [2.75, 3.05) is 12.0 Å². The Morgan fingerprint density at radius 1 is 1.15 bits per heavy atom. The van der Waals surface area contributed by atoms with Gasteiger partial charge in [0.15, 0.2) is 0 Å². The normalized spacial score (nSPS) is 15.2. The zero-order chi connectivity index (χ0) is 18.5. The lowest BCUT2D eigenvalue weighted by atomic mass is 9.91. The smallest absolute Gasteiger partial charge is 0.338 e. The third-order valence-electron chi connectivity index (χ3n) is 5.34. The molecule has 0 N–H and O–H groups in total. The molecule has 26 heavy (non-hydrogen) atoms. The maximum absolute atomic E-state index is 12.2. The molecule has 0 aliphatic carbocycles. The molecule has 2 heterocycles. The highest BCUT2D eigenvalue weighted by Gasteiger charge is 2.40. The van der Waals surface area contributed by atoms with Gasteiger partial charge in [-0.05, 0) is 62.2 Å². The summed E-state index contributed by atoms with van der Waals surface area (Å²) in [6.45, 7) is 7.06. The molecule has 0 saturated carbocycles. The highest BCUT2D eigenvalue weighted by Crippen LogP contribution is 2.42. The van der Waals surface area contributed by atoms with E-state index in [1.54, 1.807) is 0 Å². The van der Waals surface area contributed by atoms with Crippen molar-refractivity contribution < 1.29 is 9.53 Å². The molecule has 1 aromatic heterocycles. The summed E-state index contributed by atoms with van der Waals surface area (Å²) in [4.78, 5) is 19.3. The second-order valence-electron chi connectivity index (χ2n) is 7.33. The van der Waals surface area contributed by atoms with Crippen molar-refractivity contribution in [1.29, 1.82) is 0 Å². The van der Waals surface area contributed by atoms with E-state index >= 15 is 0 Å². The fraction of sp³-hybridized carbons (Fsp3) is 0.273. The Bertz CT molecular complexity index is 1020. The minimum absolute atomic E-state index is 0.259. The van der Waals surface area contributed by atoms with Gasteiger partial charge in [0.2, 0.25) is 0 Å². The minimum atomic E-state index is -0.290. The molecule has 0 spiro atoms. The molecule has 0 atom stereocenters. The van der Waals surface area contributed by atoms with Gasteiger partial charge in [0.1, 0.15) is 5.82 Å². The van der Waals surface area contributed by atoms with E-state index in [2.05, 4.69) is 62.1 Å². The molecule has 0 unspecified atom stereocenters. The number of carbonyl (C=O) groups excluding carboxylic acids is 1. The van der Waals surface area contributed by atoms with Crippen LogP contribution in [-0.4, -0.2) is 18.1 Å². The first-order chi connectivity index (χ1) is 12.4. The van der Waals surface area contributed by atoms with Gasteiger partial charge in [0.25, 0.3) is 0 Å². The van der Waals surface area contributed by atoms with Gasteiger partial charge in [-0.25, -0.2) is 9.78 Å². The van der Waals surface area contributed by atoms with Crippen LogP contribution in [0.25, 0.3) is 10.9 Å². The monoisotopic (exact) mass is 346 g/mol. The van der Waals surface area contributed by atoms with E-state index in [0.29, 0.717) is 12.1 Å². The summed E-state index contributed by atoms with van der Waals surface area (Å²) >= 11 is 0. The van der Waals surface area contributed by atoms with Crippen LogP contribution >= 0.6 is 0 Å². The number of methoxy groups -OCH3 is 1. The van der Waals surface area contributed by atoms with Gasteiger partial charge in [-0.1, -0.05) is 23.8 Å². The van der Waals surface area contributed by atoms with Gasteiger partial charge in [-0.15, -0.1) is 0 Å². The molecule has 4 nitrogen and oxygen atoms in total. The second kappa shape index (κ2) is 5.84. The Labute approximate surface area is 153 Å². The number of pyridine rings is 1. The largest absolute Gasteiger partial charge is 0.465 e. The van der Waals surface area contributed by atoms with E-state index in [-0.39, 0.29) is 11.5 Å². The molecule has 132 valence electrons. The Morgan fingerprint density at radius 2 is 1.96 bits per heavy atom. The standard InChI is InChI=1S/C22H22N2O2/c1-14-8-10-19-15(12-14)9-11-20(23-19)24-13-17-16(21(25)26-4)6-5-7-18(17)22(24,2)3/h5-12H,13H2,1-4H3. The predicted octanol–water partition coefficient (Wildman–Crippen LogP) is 4.59. The molecule has 0 bridgehead atoms. The number of aryl methyl sites for hydroxylation is 1. The van der Waals surface area contributed by atoms with Gasteiger partial charge >= 0.3 is 5.97 Å². The van der Waals surface area contributed by atoms with Gasteiger partial charge in [-0.2, -0.15) is 0 Å². The average Bonchev–Trinajstić information content (AvgIpc) is 2.91. The van der Waals surface area contributed by atoms with Crippen LogP contribution in [0.5, 0.6) is 0 Å². The van der Waals surface area contributed by atoms with Crippen LogP contribution < -0.4 is 4.90 Å². The number of benzene rings is 2. The van der Waals surface area contributed by atoms with E-state index in [9.17, 15) is 4.79 Å². The third-order valence-corrected chi connectivity index (χ3v) is 5.34. The molecule has 4 heteroatoms. The zero-order valence-electron chi connectivity index (χ0n) is 15.5. The molecule has 1 aliphatic heterocycles. The van der Waals surface area contributed by atoms with E-state index in [1.807, 2.05) is 12.1 Å². The zero-order valence-corrected chi connectivity index (χ0v) is 15.5. The van der Waals surface area contributed by atoms with Crippen molar-refractivity contribution in [1.82, 2.24) is 4.98 Å². The number of carbonyl (C=O) groups is 1. The first kappa shape index (κ1) is 16.6. The summed E-state index contributed by atoms with van der Waals surface area (Å²) in [5, 5.41) is 1.14. The molecular weight excluding hydrogens is 324 g/mol. The van der Waals surface area contributed by atoms with Crippen molar-refractivity contribution in [2.45, 2.75) is 32.9 Å². The minimum Gasteiger partial charge on any atom is -0.465 e. The number of fused-ring (bicyclic) bond motifs is 2. The van der Waals surface area contributed by atoms with Crippen LogP contribution in [0, 0.1) is 6.92 Å². The topological polar surface area (TPSA) is 42.4 Å². The van der Waals surface area contributed by atoms with Crippen molar-refractivity contribution >= 4 is 22.7 Å². The molecule has 3 aromatic rings. The highest BCUT2D eigenvalue weighted by atomic mass is 16.5. The third kappa shape index (κ3) is 2.45. The Morgan fingerprint density at radius 3 is 2.73 bits per heavy atom. The first-order valence-corrected chi connectivity index (χ1v) is 8.77. The molecule has 0 amide bonds. The van der Waals surface area contributed by atoms with Crippen LogP contribution in [0.15, 0.2) is 48.5 Å². The number of nitrogens with zero attached hydrogens (tertiary/aromatic N) is 2. The van der Waals surface area contributed by atoms with E-state index in [1.165, 1.54) is 12.7 Å². The van der Waals surface area contributed by atoms with Crippen LogP contribution in [-0.2, 0) is 16.8 Å². The summed E-state index contributed by atoms with van der Waals surface area (Å²) < 4.78 is 4.97. The number of ether oxygens (including phenoxy) is 1. The Balaban J connectivity index is 1.81. The molecule has 0 radical (unpaired) electrons. The number of hydrogen-bond acceptors (Lipinski definition) is 4. The van der Waals surface area contributed by atoms with Crippen LogP contribution in [0.3, 0.4) is 0 Å². The number of rotatable bonds is 2. The van der Waals surface area contributed by atoms with E-state index in [4.69, 9.17) is 9.72 Å². The van der Waals surface area contributed by atoms with Crippen molar-refractivity contribution in [2.24, 2.45) is 0 Å². The fourth-order valence-electron chi connectivity index (χ4n) is 3.88. The maximum atomic E-state index is 12.2. The van der Waals surface area contributed by atoms with Crippen molar-refractivity contribution in [3.63, 3.8) is 0 Å². The number of anilines is 1. The number of hydrogen-bond donors (Lipinski definition) is 0. The van der Waals surface area contributed by atoms with Gasteiger partial charge < -0.3 is 9.64 Å². The molecule has 0 fully saturated rings. The lowest BCUT2D eigenvalue weighted by Crippen LogP contribution is -2.35.